The zero-order valence-electron chi connectivity index (χ0n) is 75.9. The van der Waals surface area contributed by atoms with E-state index in [4.69, 9.17) is 9.97 Å². The van der Waals surface area contributed by atoms with Gasteiger partial charge in [-0.05, 0) is 451 Å². The SMILES string of the molecule is CN1CC23c4c5c6c7c8c9c(c%10c%11c2c2c4c4c%12c5c5c6c6c8c8c%13c9c9c%10c%10c%11c%11c2c2c4c4c%12c%12c5c5c6c8c6c8c%13c9c9c%10c%10c%11c2c2c4c4c%12c5c6c5c8c9c%10c2c45)C73C1c1c2nc(c(-c3cc(C(C)(C)C)cc(C(C)(C)C)c3)c3ccc([nH]3)c(-c3cc(C(C)(C)C)cc(C(C)(C)C)c3)c3nc(c(-c4cc(C(C)(C)C)cc(C(C)(C)C)c4)c4ccc1[nH]4)C=C3)C=C2. The summed E-state index contributed by atoms with van der Waals surface area (Å²) in [6.07, 6.45) is 9.72. The molecule has 3 aromatic heterocycles. The van der Waals surface area contributed by atoms with E-state index < -0.39 is 10.8 Å². The van der Waals surface area contributed by atoms with Gasteiger partial charge in [0.25, 0.3) is 0 Å². The molecular weight excluding hydrogens is 1570 g/mol. The summed E-state index contributed by atoms with van der Waals surface area (Å²) in [5.41, 5.74) is 28.6. The van der Waals surface area contributed by atoms with E-state index in [1.807, 2.05) is 0 Å². The Labute approximate surface area is 740 Å². The number of hydrogen-bond acceptors (Lipinski definition) is 3. The predicted octanol–water partition coefficient (Wildman–Crippen LogP) is 33.7. The molecule has 130 heavy (non-hydrogen) atoms. The highest BCUT2D eigenvalue weighted by molar-refractivity contribution is 6.82. The van der Waals surface area contributed by atoms with Gasteiger partial charge in [-0.25, -0.2) is 9.97 Å². The smallest absolute Gasteiger partial charge is 0.0737 e. The van der Waals surface area contributed by atoms with E-state index in [-0.39, 0.29) is 38.5 Å². The summed E-state index contributed by atoms with van der Waals surface area (Å²) in [7, 11) is 2.63. The molecule has 0 amide bonds. The number of nitrogens with zero attached hydrogens (tertiary/aromatic N) is 3. The lowest BCUT2D eigenvalue weighted by Crippen LogP contribution is -2.52. The Balaban J connectivity index is 0.738. The van der Waals surface area contributed by atoms with Crippen molar-refractivity contribution in [3.05, 3.63) is 163 Å². The van der Waals surface area contributed by atoms with Crippen molar-refractivity contribution in [2.24, 2.45) is 0 Å². The molecule has 0 radical (unpaired) electrons. The summed E-state index contributed by atoms with van der Waals surface area (Å²) in [6, 6.07) is 32.1. The maximum Gasteiger partial charge on any atom is 0.0737 e. The van der Waals surface area contributed by atoms with Crippen molar-refractivity contribution >= 4 is 337 Å². The first-order valence-corrected chi connectivity index (χ1v) is 48.4. The van der Waals surface area contributed by atoms with Crippen molar-refractivity contribution in [1.82, 2.24) is 24.8 Å². The van der Waals surface area contributed by atoms with Crippen LogP contribution in [0.2, 0.25) is 0 Å². The zero-order valence-corrected chi connectivity index (χ0v) is 75.9. The van der Waals surface area contributed by atoms with Crippen LogP contribution in [0.3, 0.4) is 0 Å². The van der Waals surface area contributed by atoms with Gasteiger partial charge in [0.05, 0.1) is 39.6 Å². The number of aromatic amines is 2. The van der Waals surface area contributed by atoms with Crippen LogP contribution in [-0.4, -0.2) is 38.4 Å². The average Bonchev–Trinajstić information content (AvgIpc) is 1.38. The first-order valence-electron chi connectivity index (χ1n) is 48.4. The Kier molecular flexibility index (Phi) is 8.40. The number of hydrogen-bond donors (Lipinski definition) is 2. The van der Waals surface area contributed by atoms with Crippen LogP contribution in [0.5, 0.6) is 0 Å². The van der Waals surface area contributed by atoms with Gasteiger partial charge in [0.15, 0.2) is 0 Å². The summed E-state index contributed by atoms with van der Waals surface area (Å²) < 4.78 is 0. The van der Waals surface area contributed by atoms with Crippen LogP contribution >= 0.6 is 0 Å². The number of aromatic nitrogens is 4. The maximum atomic E-state index is 6.70. The van der Waals surface area contributed by atoms with Gasteiger partial charge < -0.3 is 9.97 Å². The van der Waals surface area contributed by atoms with Crippen LogP contribution in [0.1, 0.15) is 215 Å². The predicted molar refractivity (Wildman–Crippen MR) is 557 cm³/mol. The van der Waals surface area contributed by atoms with Gasteiger partial charge >= 0.3 is 0 Å². The van der Waals surface area contributed by atoms with Crippen LogP contribution in [0, 0.1) is 0 Å². The maximum absolute atomic E-state index is 6.70. The summed E-state index contributed by atoms with van der Waals surface area (Å²) >= 11 is 0. The molecule has 1 saturated heterocycles. The molecule has 3 aliphatic heterocycles. The van der Waals surface area contributed by atoms with E-state index in [1.165, 1.54) is 50.1 Å². The molecule has 5 heteroatoms. The molecule has 2 spiro atoms. The molecule has 2 N–H and O–H groups in total. The van der Waals surface area contributed by atoms with Crippen molar-refractivity contribution in [2.45, 2.75) is 174 Å². The number of fused-ring (bicyclic) bond motifs is 8. The average molecular weight is 1650 g/mol. The minimum absolute atomic E-state index is 0.141. The summed E-state index contributed by atoms with van der Waals surface area (Å²) in [5.74, 6) is 0. The zero-order chi connectivity index (χ0) is 85.3. The van der Waals surface area contributed by atoms with Gasteiger partial charge in [-0.15, -0.1) is 0 Å². The molecule has 5 nitrogen and oxygen atoms in total. The van der Waals surface area contributed by atoms with Crippen molar-refractivity contribution in [3.8, 4) is 33.4 Å². The molecule has 4 aliphatic carbocycles. The van der Waals surface area contributed by atoms with Gasteiger partial charge in [0.1, 0.15) is 0 Å². The largest absolute Gasteiger partial charge is 0.355 e. The van der Waals surface area contributed by atoms with Crippen molar-refractivity contribution in [3.63, 3.8) is 0 Å². The quantitative estimate of drug-likeness (QED) is 0.173. The Morgan fingerprint density at radius 2 is 0.423 bits per heavy atom. The van der Waals surface area contributed by atoms with Crippen LogP contribution in [0.25, 0.3) is 371 Å². The molecule has 34 aromatic rings. The molecule has 41 rings (SSSR count). The van der Waals surface area contributed by atoms with E-state index in [0.717, 1.165) is 73.6 Å². The minimum Gasteiger partial charge on any atom is -0.355 e. The standard InChI is InChI=1S/C125H79N5/c1-118(2,3)41-28-38(29-42(34-41)119(4,5)6)55-47-20-22-49(126-47)56(39-30-43(120(7,8)9)35-44(31-39)121(10,11)12)51-24-26-53(128-51)58(54-27-25-52(129-54)57(50-23-21-48(55)127-50)40-32-45(122(13,14)15)36-46(33-40)123(16,17)18)117-125-115-109-103-93-81-73-65-61-59-60-63-67(65)75(81)85-79-71(63)72-64(60)68-66-62(59)70-69(61)77-83(73)91-97-87(77)88-78(70)84-74(66)82-76(68)86-80(72)90-89(79)101(95(85)103)111(115)112-102(90)96(86)104-94(82)100-92(84)98(88)106-105(97)113(107(109)99(91)93)124(125,37-130(117)19)114(106)108(100)110(104)116(112)125/h20-36,117,126,129H,37H2,1-19H3. The molecule has 604 valence electrons. The first kappa shape index (κ1) is 64.4. The van der Waals surface area contributed by atoms with E-state index in [1.54, 1.807) is 313 Å². The molecule has 1 atom stereocenters. The minimum atomic E-state index is -0.696. The Morgan fingerprint density at radius 1 is 0.238 bits per heavy atom. The number of nitrogens with one attached hydrogen (secondary N) is 2. The Bertz CT molecular complexity index is 11000. The van der Waals surface area contributed by atoms with Crippen molar-refractivity contribution in [1.29, 1.82) is 0 Å². The molecule has 7 aliphatic rings. The lowest BCUT2D eigenvalue weighted by molar-refractivity contribution is 0.272. The fourth-order valence-electron chi connectivity index (χ4n) is 34.8. The van der Waals surface area contributed by atoms with Gasteiger partial charge in [-0.3, -0.25) is 4.90 Å². The summed E-state index contributed by atoms with van der Waals surface area (Å²) in [6.45, 7) is 43.9. The van der Waals surface area contributed by atoms with Crippen molar-refractivity contribution < 1.29 is 0 Å². The number of likely N-dealkylation sites (N-methyl/N-ethyl adjacent to an activating group) is 1. The molecule has 1 fully saturated rings. The normalized spacial score (nSPS) is 19.5. The van der Waals surface area contributed by atoms with Crippen LogP contribution in [0.4, 0.5) is 0 Å². The van der Waals surface area contributed by atoms with E-state index in [2.05, 4.69) is 250 Å². The van der Waals surface area contributed by atoms with Crippen LogP contribution in [0.15, 0.2) is 78.9 Å². The lowest BCUT2D eigenvalue weighted by Gasteiger charge is -2.52. The van der Waals surface area contributed by atoms with Gasteiger partial charge in [-0.2, -0.15) is 0 Å². The highest BCUT2D eigenvalue weighted by atomic mass is 15.2. The Hall–Kier alpha value is -13.3. The van der Waals surface area contributed by atoms with E-state index >= 15 is 0 Å². The Morgan fingerprint density at radius 3 is 0.646 bits per heavy atom. The second kappa shape index (κ2) is 16.9. The summed E-state index contributed by atoms with van der Waals surface area (Å²) in [4.78, 5) is 25.0. The highest BCUT2D eigenvalue weighted by Gasteiger charge is 2.76. The highest BCUT2D eigenvalue weighted by Crippen LogP contribution is 2.88. The second-order valence-corrected chi connectivity index (χ2v) is 50.2. The molecule has 1 unspecified atom stereocenters. The first-order chi connectivity index (χ1) is 62.3. The number of rotatable bonds is 4. The topological polar surface area (TPSA) is 60.6 Å². The van der Waals surface area contributed by atoms with Gasteiger partial charge in [0, 0.05) is 50.9 Å². The molecule has 31 aromatic carbocycles. The lowest BCUT2D eigenvalue weighted by atomic mass is 9.47. The number of benzene rings is 21. The third kappa shape index (κ3) is 5.26. The molecule has 6 heterocycles. The molecular formula is C125H79N5. The molecule has 8 bridgehead atoms. The number of likely N-dealkylation sites (tertiary alicyclic amines) is 1. The van der Waals surface area contributed by atoms with Crippen LogP contribution in [-0.2, 0) is 43.3 Å². The monoisotopic (exact) mass is 1650 g/mol. The van der Waals surface area contributed by atoms with Gasteiger partial charge in [-0.1, -0.05) is 179 Å². The van der Waals surface area contributed by atoms with Crippen LogP contribution < -0.4 is 0 Å². The third-order valence-corrected chi connectivity index (χ3v) is 38.8. The molecule has 0 saturated carbocycles. The van der Waals surface area contributed by atoms with E-state index in [0.29, 0.717) is 0 Å². The third-order valence-electron chi connectivity index (χ3n) is 38.8. The second-order valence-electron chi connectivity index (χ2n) is 50.2. The fourth-order valence-corrected chi connectivity index (χ4v) is 34.8. The van der Waals surface area contributed by atoms with Gasteiger partial charge in [0.2, 0.25) is 0 Å². The fraction of sp³-hybridized carbons (Fsp3) is 0.232. The van der Waals surface area contributed by atoms with E-state index in [9.17, 15) is 0 Å². The van der Waals surface area contributed by atoms with Crippen molar-refractivity contribution in [2.75, 3.05) is 13.6 Å². The summed E-state index contributed by atoms with van der Waals surface area (Å²) in [5, 5.41) is 87.5. The number of H-pyrrole nitrogens is 2.